The molecule has 150 valence electrons. The van der Waals surface area contributed by atoms with Crippen molar-refractivity contribution in [3.63, 3.8) is 0 Å². The van der Waals surface area contributed by atoms with E-state index < -0.39 is 23.8 Å². The number of nitrogens with zero attached hydrogens (tertiary/aromatic N) is 1. The lowest BCUT2D eigenvalue weighted by atomic mass is 10.0. The van der Waals surface area contributed by atoms with Gasteiger partial charge < -0.3 is 11.1 Å². The third-order valence-corrected chi connectivity index (χ3v) is 5.14. The average Bonchev–Trinajstić information content (AvgIpc) is 2.89. The Hall–Kier alpha value is -2.58. The number of piperidine rings is 1. The average molecular weight is 386 g/mol. The third-order valence-electron chi connectivity index (χ3n) is 5.14. The summed E-state index contributed by atoms with van der Waals surface area (Å²) in [6.07, 6.45) is 1.20. The van der Waals surface area contributed by atoms with Gasteiger partial charge in [-0.1, -0.05) is 19.9 Å². The molecule has 1 aromatic rings. The number of carbonyl (C=O) groups is 4. The van der Waals surface area contributed by atoms with Crippen LogP contribution in [0.25, 0.3) is 0 Å². The monoisotopic (exact) mass is 386 g/mol. The summed E-state index contributed by atoms with van der Waals surface area (Å²) in [5, 5.41) is 5.58. The summed E-state index contributed by atoms with van der Waals surface area (Å²) in [4.78, 5) is 49.9. The van der Waals surface area contributed by atoms with Gasteiger partial charge in [-0.3, -0.25) is 29.4 Å². The Kier molecular flexibility index (Phi) is 5.90. The van der Waals surface area contributed by atoms with Gasteiger partial charge in [0, 0.05) is 25.6 Å². The molecule has 1 aromatic carbocycles. The van der Waals surface area contributed by atoms with Crippen molar-refractivity contribution >= 4 is 23.6 Å². The van der Waals surface area contributed by atoms with Crippen molar-refractivity contribution in [2.75, 3.05) is 6.54 Å². The van der Waals surface area contributed by atoms with Gasteiger partial charge in [-0.25, -0.2) is 0 Å². The van der Waals surface area contributed by atoms with E-state index in [2.05, 4.69) is 24.5 Å². The number of imide groups is 2. The van der Waals surface area contributed by atoms with E-state index in [0.717, 1.165) is 16.9 Å². The lowest BCUT2D eigenvalue weighted by Crippen LogP contribution is -2.54. The topological polar surface area (TPSA) is 122 Å². The van der Waals surface area contributed by atoms with Gasteiger partial charge in [0.1, 0.15) is 6.04 Å². The highest BCUT2D eigenvalue weighted by Crippen LogP contribution is 2.28. The fourth-order valence-corrected chi connectivity index (χ4v) is 3.72. The zero-order valence-electron chi connectivity index (χ0n) is 16.2. The molecule has 0 bridgehead atoms. The summed E-state index contributed by atoms with van der Waals surface area (Å²) >= 11 is 0. The van der Waals surface area contributed by atoms with E-state index in [1.54, 1.807) is 18.2 Å². The molecule has 2 aliphatic rings. The molecule has 2 atom stereocenters. The van der Waals surface area contributed by atoms with Crippen LogP contribution in [0.15, 0.2) is 18.2 Å². The van der Waals surface area contributed by atoms with Gasteiger partial charge in [0.15, 0.2) is 0 Å². The van der Waals surface area contributed by atoms with Crippen molar-refractivity contribution in [3.8, 4) is 0 Å². The van der Waals surface area contributed by atoms with E-state index in [1.165, 1.54) is 0 Å². The highest BCUT2D eigenvalue weighted by Gasteiger charge is 2.44. The molecule has 1 unspecified atom stereocenters. The molecule has 0 radical (unpaired) electrons. The number of hydrogen-bond acceptors (Lipinski definition) is 6. The molecule has 8 heteroatoms. The van der Waals surface area contributed by atoms with Gasteiger partial charge in [-0.15, -0.1) is 0 Å². The maximum absolute atomic E-state index is 12.8. The first-order valence-corrected chi connectivity index (χ1v) is 9.59. The fourth-order valence-electron chi connectivity index (χ4n) is 3.72. The van der Waals surface area contributed by atoms with E-state index in [1.807, 2.05) is 0 Å². The van der Waals surface area contributed by atoms with Crippen molar-refractivity contribution in [3.05, 3.63) is 34.9 Å². The molecule has 2 heterocycles. The maximum atomic E-state index is 12.8. The van der Waals surface area contributed by atoms with Gasteiger partial charge >= 0.3 is 0 Å². The molecule has 0 spiro atoms. The van der Waals surface area contributed by atoms with Gasteiger partial charge in [0.05, 0.1) is 11.1 Å². The molecular weight excluding hydrogens is 360 g/mol. The quantitative estimate of drug-likeness (QED) is 0.589. The lowest BCUT2D eigenvalue weighted by molar-refractivity contribution is -0.136. The number of rotatable bonds is 7. The Morgan fingerprint density at radius 3 is 2.54 bits per heavy atom. The minimum atomic E-state index is -0.945. The van der Waals surface area contributed by atoms with Gasteiger partial charge in [-0.2, -0.15) is 0 Å². The summed E-state index contributed by atoms with van der Waals surface area (Å²) in [6.45, 7) is 5.31. The first-order valence-electron chi connectivity index (χ1n) is 9.59. The van der Waals surface area contributed by atoms with Crippen LogP contribution in [0.2, 0.25) is 0 Å². The Labute approximate surface area is 163 Å². The van der Waals surface area contributed by atoms with E-state index in [9.17, 15) is 19.2 Å². The first-order chi connectivity index (χ1) is 13.3. The molecule has 0 aliphatic carbocycles. The van der Waals surface area contributed by atoms with E-state index in [4.69, 9.17) is 5.73 Å². The highest BCUT2D eigenvalue weighted by molar-refractivity contribution is 6.23. The van der Waals surface area contributed by atoms with Crippen LogP contribution in [0.5, 0.6) is 0 Å². The predicted octanol–water partition coefficient (Wildman–Crippen LogP) is 0.551. The minimum Gasteiger partial charge on any atom is -0.329 e. The number of benzene rings is 1. The maximum Gasteiger partial charge on any atom is 0.262 e. The summed E-state index contributed by atoms with van der Waals surface area (Å²) in [5.74, 6) is -1.46. The van der Waals surface area contributed by atoms with Crippen LogP contribution in [0.1, 0.15) is 59.4 Å². The van der Waals surface area contributed by atoms with Crippen molar-refractivity contribution in [1.29, 1.82) is 0 Å². The van der Waals surface area contributed by atoms with E-state index in [-0.39, 0.29) is 30.4 Å². The molecule has 2 aliphatic heterocycles. The zero-order chi connectivity index (χ0) is 20.4. The van der Waals surface area contributed by atoms with Crippen molar-refractivity contribution in [1.82, 2.24) is 15.5 Å². The number of amides is 4. The normalized spacial score (nSPS) is 20.6. The number of nitrogens with two attached hydrogens (primary N) is 1. The van der Waals surface area contributed by atoms with E-state index in [0.29, 0.717) is 24.6 Å². The van der Waals surface area contributed by atoms with Crippen LogP contribution in [-0.4, -0.2) is 47.2 Å². The Morgan fingerprint density at radius 1 is 1.18 bits per heavy atom. The highest BCUT2D eigenvalue weighted by atomic mass is 16.2. The van der Waals surface area contributed by atoms with E-state index >= 15 is 0 Å². The van der Waals surface area contributed by atoms with Crippen molar-refractivity contribution < 1.29 is 19.2 Å². The summed E-state index contributed by atoms with van der Waals surface area (Å²) in [7, 11) is 0. The molecule has 0 aromatic heterocycles. The summed E-state index contributed by atoms with van der Waals surface area (Å²) in [6, 6.07) is 4.34. The molecule has 4 N–H and O–H groups in total. The number of carbonyl (C=O) groups excluding carboxylic acids is 4. The summed E-state index contributed by atoms with van der Waals surface area (Å²) < 4.78 is 0. The SMILES string of the molecule is CC(C)C[C@@H](CN)NCc1ccc2c(c1)C(=O)N(C1CCC(=O)NC1=O)C2=O. The standard InChI is InChI=1S/C20H26N4O4/c1-11(2)7-13(9-21)22-10-12-3-4-14-15(8-12)20(28)24(19(14)27)16-5-6-17(25)23-18(16)26/h3-4,8,11,13,16,22H,5-7,9-10,21H2,1-2H3,(H,23,25,26)/t13-,16?/m0/s1. The van der Waals surface area contributed by atoms with Crippen LogP contribution in [0.4, 0.5) is 0 Å². The lowest BCUT2D eigenvalue weighted by Gasteiger charge is -2.27. The van der Waals surface area contributed by atoms with Crippen LogP contribution < -0.4 is 16.4 Å². The molecule has 0 saturated carbocycles. The third kappa shape index (κ3) is 3.98. The largest absolute Gasteiger partial charge is 0.329 e. The second-order valence-corrected chi connectivity index (χ2v) is 7.77. The molecule has 1 fully saturated rings. The first kappa shape index (κ1) is 20.2. The van der Waals surface area contributed by atoms with Gasteiger partial charge in [-0.05, 0) is 36.5 Å². The number of hydrogen-bond donors (Lipinski definition) is 3. The number of fused-ring (bicyclic) bond motifs is 1. The minimum absolute atomic E-state index is 0.106. The number of nitrogens with one attached hydrogen (secondary N) is 2. The van der Waals surface area contributed by atoms with Crippen molar-refractivity contribution in [2.24, 2.45) is 11.7 Å². The van der Waals surface area contributed by atoms with Crippen LogP contribution in [0.3, 0.4) is 0 Å². The van der Waals surface area contributed by atoms with Gasteiger partial charge in [0.2, 0.25) is 11.8 Å². The Morgan fingerprint density at radius 2 is 1.89 bits per heavy atom. The fraction of sp³-hybridized carbons (Fsp3) is 0.500. The predicted molar refractivity (Wildman–Crippen MR) is 102 cm³/mol. The smallest absolute Gasteiger partial charge is 0.262 e. The Bertz CT molecular complexity index is 820. The second-order valence-electron chi connectivity index (χ2n) is 7.77. The van der Waals surface area contributed by atoms with Crippen LogP contribution >= 0.6 is 0 Å². The Balaban J connectivity index is 1.74. The zero-order valence-corrected chi connectivity index (χ0v) is 16.2. The van der Waals surface area contributed by atoms with Crippen LogP contribution in [0, 0.1) is 5.92 Å². The molecular formula is C20H26N4O4. The second kappa shape index (κ2) is 8.20. The van der Waals surface area contributed by atoms with Crippen LogP contribution in [-0.2, 0) is 16.1 Å². The van der Waals surface area contributed by atoms with Crippen molar-refractivity contribution in [2.45, 2.75) is 51.7 Å². The van der Waals surface area contributed by atoms with Gasteiger partial charge in [0.25, 0.3) is 11.8 Å². The molecule has 3 rings (SSSR count). The summed E-state index contributed by atoms with van der Waals surface area (Å²) in [5.41, 5.74) is 7.26. The molecule has 1 saturated heterocycles. The molecule has 4 amide bonds. The molecule has 8 nitrogen and oxygen atoms in total. The molecule has 28 heavy (non-hydrogen) atoms.